The number of sulfonamides is 1. The molecule has 1 aliphatic heterocycles. The van der Waals surface area contributed by atoms with E-state index >= 15 is 0 Å². The number of methoxy groups -OCH3 is 1. The maximum absolute atomic E-state index is 13.3. The summed E-state index contributed by atoms with van der Waals surface area (Å²) in [6.45, 7) is 9.59. The number of thiazole rings is 1. The summed E-state index contributed by atoms with van der Waals surface area (Å²) >= 11 is 1.51. The summed E-state index contributed by atoms with van der Waals surface area (Å²) in [7, 11) is -2.51. The van der Waals surface area contributed by atoms with Crippen molar-refractivity contribution in [3.05, 3.63) is 42.1 Å². The van der Waals surface area contributed by atoms with Crippen LogP contribution in [0, 0.1) is 19.8 Å². The van der Waals surface area contributed by atoms with Crippen LogP contribution in [0.5, 0.6) is 5.75 Å². The first kappa shape index (κ1) is 25.3. The summed E-state index contributed by atoms with van der Waals surface area (Å²) in [6, 6.07) is 5.13. The minimum atomic E-state index is -3.96. The number of rotatable bonds is 8. The van der Waals surface area contributed by atoms with Gasteiger partial charge >= 0.3 is 0 Å². The lowest BCUT2D eigenvalue weighted by Crippen LogP contribution is -2.42. The molecule has 35 heavy (non-hydrogen) atoms. The summed E-state index contributed by atoms with van der Waals surface area (Å²) in [4.78, 5) is 13.6. The molecule has 1 aromatic carbocycles. The molecule has 0 spiro atoms. The summed E-state index contributed by atoms with van der Waals surface area (Å²) in [5.74, 6) is 0.732. The van der Waals surface area contributed by atoms with E-state index < -0.39 is 10.0 Å². The highest BCUT2D eigenvalue weighted by molar-refractivity contribution is 7.92. The van der Waals surface area contributed by atoms with Crippen LogP contribution in [0.1, 0.15) is 38.1 Å². The number of anilines is 2. The van der Waals surface area contributed by atoms with E-state index in [0.717, 1.165) is 47.3 Å². The molecular formula is C24H31N5O4S2. The summed E-state index contributed by atoms with van der Waals surface area (Å²) < 4.78 is 40.0. The average Bonchev–Trinajstić information content (AvgIpc) is 3.19. The lowest BCUT2D eigenvalue weighted by atomic mass is 9.82. The molecule has 188 valence electrons. The predicted molar refractivity (Wildman–Crippen MR) is 138 cm³/mol. The largest absolute Gasteiger partial charge is 0.495 e. The second-order valence-electron chi connectivity index (χ2n) is 9.16. The number of aromatic nitrogens is 3. The lowest BCUT2D eigenvalue weighted by Gasteiger charge is -2.37. The molecule has 2 aromatic heterocycles. The molecule has 1 fully saturated rings. The molecule has 2 N–H and O–H groups in total. The molecule has 4 rings (SSSR count). The quantitative estimate of drug-likeness (QED) is 0.444. The van der Waals surface area contributed by atoms with Crippen LogP contribution in [0.25, 0.3) is 10.4 Å². The van der Waals surface area contributed by atoms with E-state index in [9.17, 15) is 8.42 Å². The molecule has 0 radical (unpaired) electrons. The SMILES string of the molecule is COc1ccc(-c2sc(NC(C)(C)C3CCOCC3)nc2C)cc1S(=O)(=O)Nc1cncnc1C. The van der Waals surface area contributed by atoms with E-state index in [1.54, 1.807) is 19.1 Å². The third-order valence-corrected chi connectivity index (χ3v) is 8.85. The van der Waals surface area contributed by atoms with Gasteiger partial charge in [-0.3, -0.25) is 4.72 Å². The summed E-state index contributed by atoms with van der Waals surface area (Å²) in [6.07, 6.45) is 4.82. The van der Waals surface area contributed by atoms with Crippen molar-refractivity contribution in [3.8, 4) is 16.2 Å². The van der Waals surface area contributed by atoms with Gasteiger partial charge in [0.15, 0.2) is 5.13 Å². The minimum absolute atomic E-state index is 0.0330. The molecule has 0 atom stereocenters. The Kier molecular flexibility index (Phi) is 7.30. The highest BCUT2D eigenvalue weighted by atomic mass is 32.2. The zero-order valence-electron chi connectivity index (χ0n) is 20.6. The Labute approximate surface area is 210 Å². The third kappa shape index (κ3) is 5.57. The van der Waals surface area contributed by atoms with Crippen LogP contribution in [-0.4, -0.2) is 49.2 Å². The van der Waals surface area contributed by atoms with Crippen molar-refractivity contribution in [1.29, 1.82) is 0 Å². The Morgan fingerprint density at radius 3 is 2.60 bits per heavy atom. The van der Waals surface area contributed by atoms with Gasteiger partial charge in [-0.05, 0) is 70.2 Å². The number of hydrogen-bond donors (Lipinski definition) is 2. The molecule has 9 nitrogen and oxygen atoms in total. The smallest absolute Gasteiger partial charge is 0.265 e. The van der Waals surface area contributed by atoms with Crippen LogP contribution >= 0.6 is 11.3 Å². The van der Waals surface area contributed by atoms with Crippen molar-refractivity contribution in [2.75, 3.05) is 30.4 Å². The van der Waals surface area contributed by atoms with Crippen molar-refractivity contribution >= 4 is 32.2 Å². The standard InChI is InChI=1S/C24H31N5O4S2/c1-15-19(13-25-14-26-15)29-35(30,31)21-12-17(6-7-20(21)32-5)22-16(2)27-23(34-22)28-24(3,4)18-8-10-33-11-9-18/h6-7,12-14,18,29H,8-11H2,1-5H3,(H,27,28). The first-order valence-corrected chi connectivity index (χ1v) is 13.7. The Bertz CT molecular complexity index is 1300. The minimum Gasteiger partial charge on any atom is -0.495 e. The van der Waals surface area contributed by atoms with E-state index in [1.807, 2.05) is 13.0 Å². The van der Waals surface area contributed by atoms with Crippen LogP contribution in [0.15, 0.2) is 35.6 Å². The van der Waals surface area contributed by atoms with Gasteiger partial charge in [-0.25, -0.2) is 23.4 Å². The van der Waals surface area contributed by atoms with E-state index in [4.69, 9.17) is 14.5 Å². The predicted octanol–water partition coefficient (Wildman–Crippen LogP) is 4.64. The van der Waals surface area contributed by atoms with Gasteiger partial charge < -0.3 is 14.8 Å². The molecule has 3 aromatic rings. The highest BCUT2D eigenvalue weighted by Crippen LogP contribution is 2.39. The van der Waals surface area contributed by atoms with Crippen molar-refractivity contribution in [3.63, 3.8) is 0 Å². The van der Waals surface area contributed by atoms with E-state index in [0.29, 0.717) is 17.3 Å². The normalized spacial score (nSPS) is 15.1. The fourth-order valence-corrected chi connectivity index (χ4v) is 6.66. The maximum Gasteiger partial charge on any atom is 0.265 e. The molecular weight excluding hydrogens is 486 g/mol. The fourth-order valence-electron chi connectivity index (χ4n) is 4.23. The van der Waals surface area contributed by atoms with Crippen LogP contribution in [0.3, 0.4) is 0 Å². The number of benzene rings is 1. The first-order valence-electron chi connectivity index (χ1n) is 11.4. The molecule has 0 saturated carbocycles. The second kappa shape index (κ2) is 10.1. The molecule has 3 heterocycles. The number of hydrogen-bond acceptors (Lipinski definition) is 9. The highest BCUT2D eigenvalue weighted by Gasteiger charge is 2.32. The van der Waals surface area contributed by atoms with Gasteiger partial charge in [-0.1, -0.05) is 11.3 Å². The number of nitrogens with one attached hydrogen (secondary N) is 2. The number of aryl methyl sites for hydroxylation is 2. The fraction of sp³-hybridized carbons (Fsp3) is 0.458. The Morgan fingerprint density at radius 1 is 1.17 bits per heavy atom. The lowest BCUT2D eigenvalue weighted by molar-refractivity contribution is 0.0491. The maximum atomic E-state index is 13.3. The van der Waals surface area contributed by atoms with Crippen LogP contribution in [-0.2, 0) is 14.8 Å². The Morgan fingerprint density at radius 2 is 1.91 bits per heavy atom. The molecule has 0 aliphatic carbocycles. The van der Waals surface area contributed by atoms with Crippen LogP contribution in [0.2, 0.25) is 0 Å². The van der Waals surface area contributed by atoms with E-state index in [2.05, 4.69) is 33.9 Å². The average molecular weight is 518 g/mol. The second-order valence-corrected chi connectivity index (χ2v) is 11.8. The van der Waals surface area contributed by atoms with E-state index in [1.165, 1.54) is 31.0 Å². The van der Waals surface area contributed by atoms with Crippen molar-refractivity contribution in [2.45, 2.75) is 51.0 Å². The first-order chi connectivity index (χ1) is 16.6. The van der Waals surface area contributed by atoms with Gasteiger partial charge in [0.1, 0.15) is 17.0 Å². The third-order valence-electron chi connectivity index (χ3n) is 6.34. The molecule has 1 aliphatic rings. The summed E-state index contributed by atoms with van der Waals surface area (Å²) in [5, 5.41) is 4.42. The zero-order valence-corrected chi connectivity index (χ0v) is 22.2. The van der Waals surface area contributed by atoms with Crippen LogP contribution < -0.4 is 14.8 Å². The molecule has 0 bridgehead atoms. The molecule has 0 amide bonds. The van der Waals surface area contributed by atoms with Crippen molar-refractivity contribution in [2.24, 2.45) is 5.92 Å². The van der Waals surface area contributed by atoms with E-state index in [-0.39, 0.29) is 16.2 Å². The van der Waals surface area contributed by atoms with Gasteiger partial charge in [0.05, 0.1) is 35.3 Å². The Hall–Kier alpha value is -2.76. The molecule has 1 saturated heterocycles. The van der Waals surface area contributed by atoms with Gasteiger partial charge in [0.25, 0.3) is 10.0 Å². The van der Waals surface area contributed by atoms with Gasteiger partial charge in [0.2, 0.25) is 0 Å². The van der Waals surface area contributed by atoms with Gasteiger partial charge in [0, 0.05) is 18.8 Å². The number of ether oxygens (including phenoxy) is 2. The van der Waals surface area contributed by atoms with Crippen LogP contribution in [0.4, 0.5) is 10.8 Å². The summed E-state index contributed by atoms with van der Waals surface area (Å²) in [5.41, 5.74) is 2.28. The van der Waals surface area contributed by atoms with Crippen molar-refractivity contribution < 1.29 is 17.9 Å². The Balaban J connectivity index is 1.64. The molecule has 11 heteroatoms. The number of nitrogens with zero attached hydrogens (tertiary/aromatic N) is 3. The topological polar surface area (TPSA) is 115 Å². The van der Waals surface area contributed by atoms with Gasteiger partial charge in [-0.15, -0.1) is 0 Å². The molecule has 0 unspecified atom stereocenters. The zero-order chi connectivity index (χ0) is 25.2. The van der Waals surface area contributed by atoms with Gasteiger partial charge in [-0.2, -0.15) is 0 Å². The van der Waals surface area contributed by atoms with Crippen molar-refractivity contribution in [1.82, 2.24) is 15.0 Å². The monoisotopic (exact) mass is 517 g/mol.